The summed E-state index contributed by atoms with van der Waals surface area (Å²) in [5.41, 5.74) is 0. The molecule has 0 aliphatic carbocycles. The molecule has 1 rings (SSSR count). The summed E-state index contributed by atoms with van der Waals surface area (Å²) in [6, 6.07) is 2.50. The van der Waals surface area contributed by atoms with Gasteiger partial charge in [0, 0.05) is 25.2 Å². The Kier molecular flexibility index (Phi) is 6.47. The summed E-state index contributed by atoms with van der Waals surface area (Å²) >= 11 is 0. The Bertz CT molecular complexity index is 334. The lowest BCUT2D eigenvalue weighted by atomic mass is 10.2. The van der Waals surface area contributed by atoms with Crippen molar-refractivity contribution < 1.29 is 0 Å². The number of anilines is 2. The van der Waals surface area contributed by atoms with Crippen molar-refractivity contribution in [1.29, 1.82) is 0 Å². The van der Waals surface area contributed by atoms with Gasteiger partial charge in [0.05, 0.1) is 0 Å². The molecule has 18 heavy (non-hydrogen) atoms. The summed E-state index contributed by atoms with van der Waals surface area (Å²) in [5, 5.41) is 3.39. The van der Waals surface area contributed by atoms with Gasteiger partial charge in [0.25, 0.3) is 0 Å². The molecule has 1 heterocycles. The third kappa shape index (κ3) is 4.51. The van der Waals surface area contributed by atoms with Crippen LogP contribution in [0.25, 0.3) is 0 Å². The van der Waals surface area contributed by atoms with E-state index in [0.717, 1.165) is 44.0 Å². The molecule has 1 aromatic heterocycles. The molecule has 1 aromatic rings. The van der Waals surface area contributed by atoms with E-state index in [9.17, 15) is 0 Å². The summed E-state index contributed by atoms with van der Waals surface area (Å²) in [6.07, 6.45) is 5.02. The van der Waals surface area contributed by atoms with Crippen LogP contribution in [0.1, 0.15) is 47.0 Å². The number of hydrogen-bond donors (Lipinski definition) is 1. The molecule has 0 fully saturated rings. The topological polar surface area (TPSA) is 41.0 Å². The first-order chi connectivity index (χ1) is 8.71. The average molecular weight is 250 g/mol. The smallest absolute Gasteiger partial charge is 0.134 e. The highest BCUT2D eigenvalue weighted by Gasteiger charge is 2.08. The maximum absolute atomic E-state index is 4.38. The molecule has 0 amide bonds. The molecule has 0 spiro atoms. The SMILES string of the molecule is CCCN(CCC)c1cc(NC(C)CC)ncn1. The Hall–Kier alpha value is -1.32. The highest BCUT2D eigenvalue weighted by Crippen LogP contribution is 2.15. The lowest BCUT2D eigenvalue weighted by molar-refractivity contribution is 0.729. The number of nitrogens with zero attached hydrogens (tertiary/aromatic N) is 3. The molecule has 4 nitrogen and oxygen atoms in total. The van der Waals surface area contributed by atoms with E-state index >= 15 is 0 Å². The van der Waals surface area contributed by atoms with E-state index < -0.39 is 0 Å². The van der Waals surface area contributed by atoms with Gasteiger partial charge in [-0.05, 0) is 26.2 Å². The van der Waals surface area contributed by atoms with E-state index in [2.05, 4.69) is 53.9 Å². The van der Waals surface area contributed by atoms with Crippen LogP contribution in [-0.2, 0) is 0 Å². The molecular weight excluding hydrogens is 224 g/mol. The fraction of sp³-hybridized carbons (Fsp3) is 0.714. The Balaban J connectivity index is 2.77. The molecule has 0 aliphatic rings. The van der Waals surface area contributed by atoms with Crippen molar-refractivity contribution in [1.82, 2.24) is 9.97 Å². The molecule has 0 bridgehead atoms. The van der Waals surface area contributed by atoms with Crippen LogP contribution < -0.4 is 10.2 Å². The molecule has 4 heteroatoms. The minimum absolute atomic E-state index is 0.443. The lowest BCUT2D eigenvalue weighted by Crippen LogP contribution is -2.26. The first kappa shape index (κ1) is 14.7. The molecule has 0 aromatic carbocycles. The average Bonchev–Trinajstić information content (AvgIpc) is 2.38. The van der Waals surface area contributed by atoms with Gasteiger partial charge in [-0.3, -0.25) is 0 Å². The Morgan fingerprint density at radius 3 is 2.39 bits per heavy atom. The van der Waals surface area contributed by atoms with E-state index in [-0.39, 0.29) is 0 Å². The summed E-state index contributed by atoms with van der Waals surface area (Å²) in [6.45, 7) is 10.8. The van der Waals surface area contributed by atoms with Gasteiger partial charge in [0.15, 0.2) is 0 Å². The van der Waals surface area contributed by atoms with E-state index in [1.54, 1.807) is 6.33 Å². The molecule has 0 saturated heterocycles. The molecule has 0 saturated carbocycles. The Morgan fingerprint density at radius 1 is 1.17 bits per heavy atom. The van der Waals surface area contributed by atoms with E-state index in [4.69, 9.17) is 0 Å². The Labute approximate surface area is 111 Å². The van der Waals surface area contributed by atoms with Crippen molar-refractivity contribution in [3.63, 3.8) is 0 Å². The van der Waals surface area contributed by atoms with Crippen molar-refractivity contribution in [3.05, 3.63) is 12.4 Å². The summed E-state index contributed by atoms with van der Waals surface area (Å²) in [4.78, 5) is 11.0. The van der Waals surface area contributed by atoms with Gasteiger partial charge in [0.2, 0.25) is 0 Å². The highest BCUT2D eigenvalue weighted by molar-refractivity contribution is 5.48. The first-order valence-electron chi connectivity index (χ1n) is 7.04. The lowest BCUT2D eigenvalue weighted by Gasteiger charge is -2.23. The normalized spacial score (nSPS) is 12.2. The summed E-state index contributed by atoms with van der Waals surface area (Å²) in [7, 11) is 0. The van der Waals surface area contributed by atoms with Gasteiger partial charge < -0.3 is 10.2 Å². The summed E-state index contributed by atoms with van der Waals surface area (Å²) < 4.78 is 0. The molecule has 1 N–H and O–H groups in total. The summed E-state index contributed by atoms with van der Waals surface area (Å²) in [5.74, 6) is 1.95. The number of rotatable bonds is 8. The van der Waals surface area contributed by atoms with Crippen molar-refractivity contribution in [2.24, 2.45) is 0 Å². The number of aromatic nitrogens is 2. The van der Waals surface area contributed by atoms with Crippen LogP contribution in [0.5, 0.6) is 0 Å². The van der Waals surface area contributed by atoms with Gasteiger partial charge in [0.1, 0.15) is 18.0 Å². The standard InChI is InChI=1S/C14H26N4/c1-5-8-18(9-6-2)14-10-13(15-11-16-14)17-12(4)7-3/h10-12H,5-9H2,1-4H3,(H,15,16,17). The zero-order valence-corrected chi connectivity index (χ0v) is 12.1. The van der Waals surface area contributed by atoms with Gasteiger partial charge in [-0.15, -0.1) is 0 Å². The molecule has 1 atom stereocenters. The zero-order chi connectivity index (χ0) is 13.4. The van der Waals surface area contributed by atoms with E-state index in [1.165, 1.54) is 0 Å². The molecular formula is C14H26N4. The van der Waals surface area contributed by atoms with Crippen LogP contribution >= 0.6 is 0 Å². The maximum Gasteiger partial charge on any atom is 0.134 e. The van der Waals surface area contributed by atoms with Crippen LogP contribution in [0.3, 0.4) is 0 Å². The fourth-order valence-electron chi connectivity index (χ4n) is 1.83. The van der Waals surface area contributed by atoms with Gasteiger partial charge in [-0.1, -0.05) is 20.8 Å². The number of hydrogen-bond acceptors (Lipinski definition) is 4. The van der Waals surface area contributed by atoms with Crippen LogP contribution in [-0.4, -0.2) is 29.1 Å². The van der Waals surface area contributed by atoms with E-state index in [0.29, 0.717) is 6.04 Å². The van der Waals surface area contributed by atoms with Crippen molar-refractivity contribution in [2.45, 2.75) is 53.0 Å². The largest absolute Gasteiger partial charge is 0.367 e. The van der Waals surface area contributed by atoms with Crippen molar-refractivity contribution >= 4 is 11.6 Å². The van der Waals surface area contributed by atoms with Crippen LogP contribution in [0.15, 0.2) is 12.4 Å². The van der Waals surface area contributed by atoms with Gasteiger partial charge in [-0.25, -0.2) is 9.97 Å². The molecule has 1 unspecified atom stereocenters. The highest BCUT2D eigenvalue weighted by atomic mass is 15.2. The predicted octanol–water partition coefficient (Wildman–Crippen LogP) is 3.31. The second kappa shape index (κ2) is 7.90. The minimum Gasteiger partial charge on any atom is -0.367 e. The number of nitrogens with one attached hydrogen (secondary N) is 1. The zero-order valence-electron chi connectivity index (χ0n) is 12.1. The quantitative estimate of drug-likeness (QED) is 0.768. The Morgan fingerprint density at radius 2 is 1.83 bits per heavy atom. The van der Waals surface area contributed by atoms with Crippen molar-refractivity contribution in [3.8, 4) is 0 Å². The third-order valence-electron chi connectivity index (χ3n) is 2.97. The monoisotopic (exact) mass is 250 g/mol. The van der Waals surface area contributed by atoms with Gasteiger partial charge >= 0.3 is 0 Å². The first-order valence-corrected chi connectivity index (χ1v) is 7.04. The van der Waals surface area contributed by atoms with Crippen molar-refractivity contribution in [2.75, 3.05) is 23.3 Å². The van der Waals surface area contributed by atoms with Gasteiger partial charge in [-0.2, -0.15) is 0 Å². The molecule has 102 valence electrons. The second-order valence-electron chi connectivity index (χ2n) is 4.70. The minimum atomic E-state index is 0.443. The predicted molar refractivity (Wildman–Crippen MR) is 78.2 cm³/mol. The second-order valence-corrected chi connectivity index (χ2v) is 4.70. The van der Waals surface area contributed by atoms with Crippen LogP contribution in [0.2, 0.25) is 0 Å². The molecule has 0 radical (unpaired) electrons. The van der Waals surface area contributed by atoms with Crippen LogP contribution in [0, 0.1) is 0 Å². The fourth-order valence-corrected chi connectivity index (χ4v) is 1.83. The molecule has 0 aliphatic heterocycles. The van der Waals surface area contributed by atoms with Crippen LogP contribution in [0.4, 0.5) is 11.6 Å². The maximum atomic E-state index is 4.38. The van der Waals surface area contributed by atoms with E-state index in [1.807, 2.05) is 0 Å². The third-order valence-corrected chi connectivity index (χ3v) is 2.97.